The van der Waals surface area contributed by atoms with Gasteiger partial charge in [-0.25, -0.2) is 0 Å². The Morgan fingerprint density at radius 2 is 1.82 bits per heavy atom. The van der Waals surface area contributed by atoms with E-state index in [0.29, 0.717) is 40.5 Å². The molecule has 0 aliphatic carbocycles. The normalized spacial score (nSPS) is 11.4. The van der Waals surface area contributed by atoms with Gasteiger partial charge in [-0.2, -0.15) is 13.2 Å². The average molecular weight is 492 g/mol. The lowest BCUT2D eigenvalue weighted by atomic mass is 10.1. The summed E-state index contributed by atoms with van der Waals surface area (Å²) in [5.41, 5.74) is 1.44. The van der Waals surface area contributed by atoms with Crippen molar-refractivity contribution in [2.75, 3.05) is 11.1 Å². The number of unbranched alkanes of at least 4 members (excludes halogenated alkanes) is 1. The van der Waals surface area contributed by atoms with Gasteiger partial charge in [0.15, 0.2) is 0 Å². The Hall–Kier alpha value is -3.20. The molecule has 5 nitrogen and oxygen atoms in total. The van der Waals surface area contributed by atoms with E-state index in [4.69, 9.17) is 9.52 Å². The maximum Gasteiger partial charge on any atom is 0.416 e. The van der Waals surface area contributed by atoms with Crippen molar-refractivity contribution in [2.24, 2.45) is 0 Å². The third kappa shape index (κ3) is 6.90. The number of furan rings is 1. The maximum absolute atomic E-state index is 13.0. The number of aryl methyl sites for hydroxylation is 1. The van der Waals surface area contributed by atoms with Crippen molar-refractivity contribution >= 4 is 29.3 Å². The summed E-state index contributed by atoms with van der Waals surface area (Å²) in [6.45, 7) is 2.01. The minimum absolute atomic E-state index is 0.0148. The molecule has 0 fully saturated rings. The number of amides is 1. The van der Waals surface area contributed by atoms with Crippen molar-refractivity contribution in [3.63, 3.8) is 0 Å². The Balaban J connectivity index is 1.80. The lowest BCUT2D eigenvalue weighted by molar-refractivity contribution is -0.137. The molecule has 2 aromatic carbocycles. The molecule has 1 heterocycles. The number of rotatable bonds is 10. The van der Waals surface area contributed by atoms with Gasteiger partial charge in [-0.05, 0) is 42.3 Å². The summed E-state index contributed by atoms with van der Waals surface area (Å²) in [5.74, 6) is -0.00634. The second-order valence-corrected chi connectivity index (χ2v) is 8.65. The number of carboxylic acid groups (broad SMARTS) is 1. The topological polar surface area (TPSA) is 79.5 Å². The Kier molecular flexibility index (Phi) is 8.44. The highest BCUT2D eigenvalue weighted by molar-refractivity contribution is 7.99. The average Bonchev–Trinajstić information content (AvgIpc) is 3.21. The lowest BCUT2D eigenvalue weighted by Gasteiger charge is -2.07. The number of carbonyl (C=O) groups is 2. The molecule has 0 saturated heterocycles. The van der Waals surface area contributed by atoms with Gasteiger partial charge in [0.05, 0.1) is 16.9 Å². The predicted molar refractivity (Wildman–Crippen MR) is 126 cm³/mol. The van der Waals surface area contributed by atoms with Gasteiger partial charge in [0.1, 0.15) is 11.5 Å². The molecule has 0 bridgehead atoms. The van der Waals surface area contributed by atoms with Crippen molar-refractivity contribution in [3.8, 4) is 11.3 Å². The number of anilines is 1. The van der Waals surface area contributed by atoms with E-state index in [-0.39, 0.29) is 11.7 Å². The first-order valence-corrected chi connectivity index (χ1v) is 11.8. The van der Waals surface area contributed by atoms with Crippen LogP contribution in [0.3, 0.4) is 0 Å². The zero-order valence-electron chi connectivity index (χ0n) is 18.4. The van der Waals surface area contributed by atoms with E-state index in [1.807, 2.05) is 13.0 Å². The molecule has 0 radical (unpaired) electrons. The molecule has 34 heavy (non-hydrogen) atoms. The van der Waals surface area contributed by atoms with Gasteiger partial charge in [0, 0.05) is 23.4 Å². The van der Waals surface area contributed by atoms with E-state index in [9.17, 15) is 22.8 Å². The molecule has 0 spiro atoms. The quantitative estimate of drug-likeness (QED) is 0.323. The molecule has 1 aromatic heterocycles. The molecule has 0 unspecified atom stereocenters. The van der Waals surface area contributed by atoms with Gasteiger partial charge in [0.25, 0.3) is 5.91 Å². The SMILES string of the molecule is CCCCc1oc(-c2ccc(C(F)(F)F)cc2)cc1C(=O)Nc1cccc(CSCC(=O)O)c1. The zero-order chi connectivity index (χ0) is 24.7. The Bertz CT molecular complexity index is 1140. The van der Waals surface area contributed by atoms with E-state index >= 15 is 0 Å². The predicted octanol–water partition coefficient (Wildman–Crippen LogP) is 6.88. The number of thioether (sulfide) groups is 1. The van der Waals surface area contributed by atoms with Crippen LogP contribution in [-0.4, -0.2) is 22.7 Å². The first kappa shape index (κ1) is 25.4. The van der Waals surface area contributed by atoms with Crippen LogP contribution in [0.2, 0.25) is 0 Å². The van der Waals surface area contributed by atoms with Crippen molar-refractivity contribution in [2.45, 2.75) is 38.1 Å². The molecule has 0 atom stereocenters. The summed E-state index contributed by atoms with van der Waals surface area (Å²) in [5, 5.41) is 11.6. The first-order valence-electron chi connectivity index (χ1n) is 10.7. The number of carboxylic acids is 1. The monoisotopic (exact) mass is 491 g/mol. The minimum atomic E-state index is -4.43. The number of halogens is 3. The van der Waals surface area contributed by atoms with Gasteiger partial charge in [-0.1, -0.05) is 37.6 Å². The van der Waals surface area contributed by atoms with Crippen LogP contribution >= 0.6 is 11.8 Å². The second-order valence-electron chi connectivity index (χ2n) is 7.67. The Labute approximate surface area is 199 Å². The maximum atomic E-state index is 13.0. The zero-order valence-corrected chi connectivity index (χ0v) is 19.3. The minimum Gasteiger partial charge on any atom is -0.481 e. The molecular weight excluding hydrogens is 467 g/mol. The number of nitrogens with one attached hydrogen (secondary N) is 1. The second kappa shape index (κ2) is 11.3. The van der Waals surface area contributed by atoms with Crippen LogP contribution in [0.5, 0.6) is 0 Å². The summed E-state index contributed by atoms with van der Waals surface area (Å²) < 4.78 is 44.5. The van der Waals surface area contributed by atoms with Crippen molar-refractivity contribution < 1.29 is 32.3 Å². The molecular formula is C25H24F3NO4S. The van der Waals surface area contributed by atoms with Crippen LogP contribution in [0.4, 0.5) is 18.9 Å². The molecule has 2 N–H and O–H groups in total. The number of hydrogen-bond acceptors (Lipinski definition) is 4. The van der Waals surface area contributed by atoms with E-state index in [1.54, 1.807) is 24.3 Å². The molecule has 0 saturated carbocycles. The summed E-state index contributed by atoms with van der Waals surface area (Å²) in [7, 11) is 0. The highest BCUT2D eigenvalue weighted by Gasteiger charge is 2.30. The van der Waals surface area contributed by atoms with E-state index in [1.165, 1.54) is 23.9 Å². The molecule has 0 aliphatic heterocycles. The number of alkyl halides is 3. The Morgan fingerprint density at radius 1 is 1.09 bits per heavy atom. The molecule has 9 heteroatoms. The summed E-state index contributed by atoms with van der Waals surface area (Å²) in [6.07, 6.45) is -2.24. The first-order chi connectivity index (χ1) is 16.2. The molecule has 0 aliphatic rings. The fourth-order valence-electron chi connectivity index (χ4n) is 3.30. The fourth-order valence-corrected chi connectivity index (χ4v) is 4.00. The van der Waals surface area contributed by atoms with E-state index in [0.717, 1.165) is 30.5 Å². The standard InChI is InChI=1S/C25H24F3NO4S/c1-2-3-7-21-20(13-22(33-21)17-8-10-18(11-9-17)25(26,27)28)24(32)29-19-6-4-5-16(12-19)14-34-15-23(30)31/h4-6,8-13H,2-3,7,14-15H2,1H3,(H,29,32)(H,30,31). The number of carbonyl (C=O) groups excluding carboxylic acids is 1. The van der Waals surface area contributed by atoms with Crippen molar-refractivity contribution in [1.29, 1.82) is 0 Å². The largest absolute Gasteiger partial charge is 0.481 e. The smallest absolute Gasteiger partial charge is 0.416 e. The van der Waals surface area contributed by atoms with Gasteiger partial charge < -0.3 is 14.8 Å². The van der Waals surface area contributed by atoms with Crippen LogP contribution in [-0.2, 0) is 23.1 Å². The molecule has 1 amide bonds. The highest BCUT2D eigenvalue weighted by atomic mass is 32.2. The Morgan fingerprint density at radius 3 is 2.47 bits per heavy atom. The van der Waals surface area contributed by atoms with Crippen LogP contribution < -0.4 is 5.32 Å². The fraction of sp³-hybridized carbons (Fsp3) is 0.280. The molecule has 3 rings (SSSR count). The van der Waals surface area contributed by atoms with Gasteiger partial charge in [-0.3, -0.25) is 9.59 Å². The summed E-state index contributed by atoms with van der Waals surface area (Å²) >= 11 is 1.26. The van der Waals surface area contributed by atoms with Gasteiger partial charge in [-0.15, -0.1) is 11.8 Å². The van der Waals surface area contributed by atoms with Crippen molar-refractivity contribution in [1.82, 2.24) is 0 Å². The number of aliphatic carboxylic acids is 1. The van der Waals surface area contributed by atoms with Crippen LogP contribution in [0, 0.1) is 0 Å². The van der Waals surface area contributed by atoms with E-state index in [2.05, 4.69) is 5.32 Å². The van der Waals surface area contributed by atoms with Crippen LogP contribution in [0.25, 0.3) is 11.3 Å². The summed E-state index contributed by atoms with van der Waals surface area (Å²) in [4.78, 5) is 23.7. The van der Waals surface area contributed by atoms with Crippen LogP contribution in [0.15, 0.2) is 59.0 Å². The van der Waals surface area contributed by atoms with Crippen LogP contribution in [0.1, 0.15) is 47.0 Å². The third-order valence-corrected chi connectivity index (χ3v) is 5.98. The lowest BCUT2D eigenvalue weighted by Crippen LogP contribution is -2.13. The molecule has 180 valence electrons. The highest BCUT2D eigenvalue weighted by Crippen LogP contribution is 2.33. The van der Waals surface area contributed by atoms with E-state index < -0.39 is 17.7 Å². The molecule has 3 aromatic rings. The van der Waals surface area contributed by atoms with Crippen molar-refractivity contribution in [3.05, 3.63) is 77.0 Å². The summed E-state index contributed by atoms with van der Waals surface area (Å²) in [6, 6.07) is 13.3. The number of benzene rings is 2. The van der Waals surface area contributed by atoms with Gasteiger partial charge >= 0.3 is 12.1 Å². The number of hydrogen-bond donors (Lipinski definition) is 2. The third-order valence-electron chi connectivity index (χ3n) is 4.99. The van der Waals surface area contributed by atoms with Gasteiger partial charge in [0.2, 0.25) is 0 Å².